The van der Waals surface area contributed by atoms with Crippen LogP contribution in [0.2, 0.25) is 5.02 Å². The van der Waals surface area contributed by atoms with E-state index in [0.29, 0.717) is 40.9 Å². The third-order valence-electron chi connectivity index (χ3n) is 5.09. The van der Waals surface area contributed by atoms with Crippen LogP contribution in [0.25, 0.3) is 0 Å². The van der Waals surface area contributed by atoms with Crippen LogP contribution in [0.15, 0.2) is 24.3 Å². The van der Waals surface area contributed by atoms with Crippen LogP contribution in [0.5, 0.6) is 5.75 Å². The van der Waals surface area contributed by atoms with Gasteiger partial charge >= 0.3 is 0 Å². The number of benzene rings is 1. The number of rotatable bonds is 7. The van der Waals surface area contributed by atoms with Crippen LogP contribution in [-0.4, -0.2) is 45.3 Å². The second kappa shape index (κ2) is 9.56. The average molecular weight is 423 g/mol. The highest BCUT2D eigenvalue weighted by Gasteiger charge is 2.27. The van der Waals surface area contributed by atoms with E-state index in [4.69, 9.17) is 28.6 Å². The van der Waals surface area contributed by atoms with Crippen molar-refractivity contribution in [1.82, 2.24) is 19.7 Å². The molecule has 1 aromatic heterocycles. The van der Waals surface area contributed by atoms with Crippen LogP contribution in [0.4, 0.5) is 0 Å². The monoisotopic (exact) mass is 422 g/mol. The van der Waals surface area contributed by atoms with Gasteiger partial charge in [-0.25, -0.2) is 0 Å². The summed E-state index contributed by atoms with van der Waals surface area (Å²) < 4.78 is 8.42. The van der Waals surface area contributed by atoms with Gasteiger partial charge in [0.1, 0.15) is 11.6 Å². The molecule has 0 unspecified atom stereocenters. The Morgan fingerprint density at radius 1 is 1.36 bits per heavy atom. The molecule has 0 spiro atoms. The van der Waals surface area contributed by atoms with Gasteiger partial charge in [0, 0.05) is 31.5 Å². The molecule has 6 nitrogen and oxygen atoms in total. The fourth-order valence-corrected chi connectivity index (χ4v) is 4.16. The highest BCUT2D eigenvalue weighted by atomic mass is 35.5. The molecule has 1 aromatic carbocycles. The molecule has 28 heavy (non-hydrogen) atoms. The van der Waals surface area contributed by atoms with E-state index in [2.05, 4.69) is 28.6 Å². The SMILES string of the molecule is CC(C)n1c(C2CCN(C(=O)CCCOc3ccccc3Cl)CC2)n[nH]c1=S. The van der Waals surface area contributed by atoms with Crippen molar-refractivity contribution in [2.75, 3.05) is 19.7 Å². The van der Waals surface area contributed by atoms with Crippen molar-refractivity contribution in [2.24, 2.45) is 0 Å². The number of nitrogens with zero attached hydrogens (tertiary/aromatic N) is 3. The van der Waals surface area contributed by atoms with Gasteiger partial charge in [0.05, 0.1) is 11.6 Å². The quantitative estimate of drug-likeness (QED) is 0.517. The first-order valence-electron chi connectivity index (χ1n) is 9.79. The van der Waals surface area contributed by atoms with Gasteiger partial charge in [0.2, 0.25) is 5.91 Å². The second-order valence-corrected chi connectivity index (χ2v) is 8.18. The summed E-state index contributed by atoms with van der Waals surface area (Å²) in [5.41, 5.74) is 0. The number of amides is 1. The summed E-state index contributed by atoms with van der Waals surface area (Å²) >= 11 is 11.4. The lowest BCUT2D eigenvalue weighted by molar-refractivity contribution is -0.132. The number of hydrogen-bond acceptors (Lipinski definition) is 4. The van der Waals surface area contributed by atoms with Crippen LogP contribution in [-0.2, 0) is 4.79 Å². The largest absolute Gasteiger partial charge is 0.492 e. The zero-order valence-electron chi connectivity index (χ0n) is 16.4. The van der Waals surface area contributed by atoms with Gasteiger partial charge in [0.15, 0.2) is 4.77 Å². The Hall–Kier alpha value is -1.86. The van der Waals surface area contributed by atoms with E-state index >= 15 is 0 Å². The number of para-hydroxylation sites is 1. The van der Waals surface area contributed by atoms with Crippen LogP contribution in [0.1, 0.15) is 57.3 Å². The molecule has 152 valence electrons. The van der Waals surface area contributed by atoms with Crippen molar-refractivity contribution in [1.29, 1.82) is 0 Å². The molecular formula is C20H27ClN4O2S. The Morgan fingerprint density at radius 2 is 2.07 bits per heavy atom. The van der Waals surface area contributed by atoms with Gasteiger partial charge in [-0.3, -0.25) is 9.89 Å². The Kier molecular flexibility index (Phi) is 7.13. The summed E-state index contributed by atoms with van der Waals surface area (Å²) in [5, 5.41) is 7.95. The van der Waals surface area contributed by atoms with Gasteiger partial charge in [-0.15, -0.1) is 0 Å². The van der Waals surface area contributed by atoms with Gasteiger partial charge in [-0.2, -0.15) is 5.10 Å². The molecule has 1 aliphatic heterocycles. The summed E-state index contributed by atoms with van der Waals surface area (Å²) in [6, 6.07) is 7.65. The lowest BCUT2D eigenvalue weighted by Crippen LogP contribution is -2.38. The van der Waals surface area contributed by atoms with E-state index in [0.717, 1.165) is 31.8 Å². The Labute approximate surface area is 175 Å². The predicted molar refractivity (Wildman–Crippen MR) is 113 cm³/mol. The number of piperidine rings is 1. The summed E-state index contributed by atoms with van der Waals surface area (Å²) in [5.74, 6) is 2.20. The lowest BCUT2D eigenvalue weighted by Gasteiger charge is -2.32. The number of aromatic nitrogens is 3. The van der Waals surface area contributed by atoms with E-state index in [1.807, 2.05) is 23.1 Å². The van der Waals surface area contributed by atoms with Gasteiger partial charge in [-0.05, 0) is 57.5 Å². The highest BCUT2D eigenvalue weighted by Crippen LogP contribution is 2.29. The molecule has 2 aromatic rings. The predicted octanol–water partition coefficient (Wildman–Crippen LogP) is 4.74. The summed E-state index contributed by atoms with van der Waals surface area (Å²) in [4.78, 5) is 14.5. The first kappa shape index (κ1) is 20.9. The van der Waals surface area contributed by atoms with Gasteiger partial charge < -0.3 is 14.2 Å². The Morgan fingerprint density at radius 3 is 2.75 bits per heavy atom. The maximum Gasteiger partial charge on any atom is 0.222 e. The minimum absolute atomic E-state index is 0.184. The minimum atomic E-state index is 0.184. The van der Waals surface area contributed by atoms with Crippen LogP contribution < -0.4 is 4.74 Å². The molecule has 2 heterocycles. The standard InChI is InChI=1S/C20H27ClN4O2S/c1-14(2)25-19(22-23-20(25)28)15-9-11-24(12-10-15)18(26)8-5-13-27-17-7-4-3-6-16(17)21/h3-4,6-7,14-15H,5,8-13H2,1-2H3,(H,23,28). The summed E-state index contributed by atoms with van der Waals surface area (Å²) in [6.45, 7) is 6.21. The molecule has 0 bridgehead atoms. The van der Waals surface area contributed by atoms with Crippen molar-refractivity contribution >= 4 is 29.7 Å². The first-order valence-corrected chi connectivity index (χ1v) is 10.6. The van der Waals surface area contributed by atoms with E-state index < -0.39 is 0 Å². The fraction of sp³-hybridized carbons (Fsp3) is 0.550. The van der Waals surface area contributed by atoms with Crippen molar-refractivity contribution in [3.63, 3.8) is 0 Å². The van der Waals surface area contributed by atoms with Crippen LogP contribution in [0, 0.1) is 4.77 Å². The van der Waals surface area contributed by atoms with Crippen molar-refractivity contribution < 1.29 is 9.53 Å². The normalized spacial score (nSPS) is 15.2. The maximum absolute atomic E-state index is 12.5. The smallest absolute Gasteiger partial charge is 0.222 e. The van der Waals surface area contributed by atoms with E-state index in [1.54, 1.807) is 6.07 Å². The van der Waals surface area contributed by atoms with Crippen LogP contribution >= 0.6 is 23.8 Å². The van der Waals surface area contributed by atoms with Crippen molar-refractivity contribution in [3.8, 4) is 5.75 Å². The average Bonchev–Trinajstić information content (AvgIpc) is 3.08. The summed E-state index contributed by atoms with van der Waals surface area (Å²) in [7, 11) is 0. The molecule has 0 radical (unpaired) electrons. The molecule has 0 saturated carbocycles. The molecule has 1 aliphatic rings. The second-order valence-electron chi connectivity index (χ2n) is 7.39. The Balaban J connectivity index is 1.44. The van der Waals surface area contributed by atoms with E-state index in [-0.39, 0.29) is 11.9 Å². The van der Waals surface area contributed by atoms with Gasteiger partial charge in [0.25, 0.3) is 0 Å². The zero-order chi connectivity index (χ0) is 20.1. The van der Waals surface area contributed by atoms with Crippen molar-refractivity contribution in [2.45, 2.75) is 51.5 Å². The molecule has 3 rings (SSSR count). The Bertz CT molecular complexity index is 856. The number of nitrogens with one attached hydrogen (secondary N) is 1. The third-order valence-corrected chi connectivity index (χ3v) is 5.69. The first-order chi connectivity index (χ1) is 13.5. The van der Waals surface area contributed by atoms with E-state index in [9.17, 15) is 4.79 Å². The maximum atomic E-state index is 12.5. The molecule has 1 N–H and O–H groups in total. The zero-order valence-corrected chi connectivity index (χ0v) is 17.9. The van der Waals surface area contributed by atoms with Crippen LogP contribution in [0.3, 0.4) is 0 Å². The highest BCUT2D eigenvalue weighted by molar-refractivity contribution is 7.71. The lowest BCUT2D eigenvalue weighted by atomic mass is 9.95. The molecule has 1 fully saturated rings. The molecule has 1 amide bonds. The topological polar surface area (TPSA) is 63.1 Å². The number of halogens is 1. The third kappa shape index (κ3) is 4.94. The molecule has 0 atom stereocenters. The minimum Gasteiger partial charge on any atom is -0.492 e. The molecule has 1 saturated heterocycles. The van der Waals surface area contributed by atoms with E-state index in [1.165, 1.54) is 0 Å². The number of carbonyl (C=O) groups excluding carboxylic acids is 1. The fourth-order valence-electron chi connectivity index (χ4n) is 3.62. The summed E-state index contributed by atoms with van der Waals surface area (Å²) in [6.07, 6.45) is 2.98. The molecular weight excluding hydrogens is 396 g/mol. The number of hydrogen-bond donors (Lipinski definition) is 1. The van der Waals surface area contributed by atoms with Gasteiger partial charge in [-0.1, -0.05) is 23.7 Å². The number of aromatic amines is 1. The van der Waals surface area contributed by atoms with Crippen molar-refractivity contribution in [3.05, 3.63) is 39.9 Å². The molecule has 0 aliphatic carbocycles. The molecule has 8 heteroatoms. The number of carbonyl (C=O) groups is 1. The number of H-pyrrole nitrogens is 1. The number of ether oxygens (including phenoxy) is 1. The number of likely N-dealkylation sites (tertiary alicyclic amines) is 1.